The van der Waals surface area contributed by atoms with E-state index in [9.17, 15) is 14.0 Å². The van der Waals surface area contributed by atoms with Gasteiger partial charge in [-0.05, 0) is 38.5 Å². The maximum atomic E-state index is 14.0. The fourth-order valence-electron chi connectivity index (χ4n) is 1.97. The maximum absolute atomic E-state index is 14.0. The van der Waals surface area contributed by atoms with E-state index in [1.54, 1.807) is 13.0 Å². The van der Waals surface area contributed by atoms with Crippen LogP contribution in [0.2, 0.25) is 0 Å². The molecule has 1 rings (SSSR count). The fourth-order valence-corrected chi connectivity index (χ4v) is 1.97. The van der Waals surface area contributed by atoms with Crippen molar-refractivity contribution in [3.8, 4) is 11.5 Å². The van der Waals surface area contributed by atoms with Gasteiger partial charge in [-0.25, -0.2) is 4.39 Å². The van der Waals surface area contributed by atoms with Gasteiger partial charge in [0.05, 0.1) is 13.2 Å². The highest BCUT2D eigenvalue weighted by molar-refractivity contribution is 6.13. The minimum Gasteiger partial charge on any atom is -0.490 e. The number of ketones is 2. The summed E-state index contributed by atoms with van der Waals surface area (Å²) in [6, 6.07) is 4.44. The molecule has 1 aromatic rings. The first-order valence-corrected chi connectivity index (χ1v) is 7.65. The lowest BCUT2D eigenvalue weighted by Crippen LogP contribution is -2.25. The van der Waals surface area contributed by atoms with E-state index >= 15 is 0 Å². The molecule has 122 valence electrons. The van der Waals surface area contributed by atoms with E-state index in [-0.39, 0.29) is 12.0 Å². The normalized spacial score (nSPS) is 11.8. The number of ether oxygens (including phenoxy) is 2. The van der Waals surface area contributed by atoms with Crippen LogP contribution in [-0.2, 0) is 4.79 Å². The summed E-state index contributed by atoms with van der Waals surface area (Å²) in [5.41, 5.74) is 0.115. The molecule has 0 fully saturated rings. The number of alkyl halides is 1. The molecule has 0 aliphatic heterocycles. The Morgan fingerprint density at radius 3 is 2.32 bits per heavy atom. The molecule has 5 heteroatoms. The summed E-state index contributed by atoms with van der Waals surface area (Å²) >= 11 is 0. The summed E-state index contributed by atoms with van der Waals surface area (Å²) in [4.78, 5) is 23.7. The van der Waals surface area contributed by atoms with E-state index in [0.717, 1.165) is 6.42 Å². The smallest absolute Gasteiger partial charge is 0.220 e. The summed E-state index contributed by atoms with van der Waals surface area (Å²) in [7, 11) is 0. The molecule has 0 radical (unpaired) electrons. The highest BCUT2D eigenvalue weighted by Gasteiger charge is 2.27. The first-order chi connectivity index (χ1) is 10.5. The van der Waals surface area contributed by atoms with E-state index in [1.165, 1.54) is 12.1 Å². The Kier molecular flexibility index (Phi) is 7.57. The zero-order chi connectivity index (χ0) is 16.5. The predicted molar refractivity (Wildman–Crippen MR) is 82.5 cm³/mol. The topological polar surface area (TPSA) is 52.6 Å². The lowest BCUT2D eigenvalue weighted by Gasteiger charge is -2.13. The standard InChI is InChI=1S/C17H23FO4/c1-4-7-8-13(19)16(18)17(20)12-9-10-14(21-5-2)15(11-12)22-6-3/h9-11,16H,4-8H2,1-3H3. The molecule has 1 unspecified atom stereocenters. The van der Waals surface area contributed by atoms with Gasteiger partial charge in [-0.3, -0.25) is 9.59 Å². The van der Waals surface area contributed by atoms with Crippen molar-refractivity contribution in [3.05, 3.63) is 23.8 Å². The van der Waals surface area contributed by atoms with Crippen molar-refractivity contribution in [1.82, 2.24) is 0 Å². The fraction of sp³-hybridized carbons (Fsp3) is 0.529. The van der Waals surface area contributed by atoms with Crippen molar-refractivity contribution in [2.75, 3.05) is 13.2 Å². The van der Waals surface area contributed by atoms with Gasteiger partial charge in [0, 0.05) is 12.0 Å². The molecule has 0 saturated carbocycles. The second-order valence-corrected chi connectivity index (χ2v) is 4.82. The summed E-state index contributed by atoms with van der Waals surface area (Å²) in [5, 5.41) is 0. The predicted octanol–water partition coefficient (Wildman–Crippen LogP) is 3.76. The Bertz CT molecular complexity index is 513. The van der Waals surface area contributed by atoms with E-state index in [2.05, 4.69) is 0 Å². The number of benzene rings is 1. The number of Topliss-reactive ketones (excluding diaryl/α,β-unsaturated/α-hetero) is 2. The molecule has 0 spiro atoms. The molecule has 0 aliphatic carbocycles. The second-order valence-electron chi connectivity index (χ2n) is 4.82. The van der Waals surface area contributed by atoms with Gasteiger partial charge in [0.2, 0.25) is 12.0 Å². The Morgan fingerprint density at radius 2 is 1.73 bits per heavy atom. The average Bonchev–Trinajstić information content (AvgIpc) is 2.53. The van der Waals surface area contributed by atoms with Crippen LogP contribution in [0.3, 0.4) is 0 Å². The lowest BCUT2D eigenvalue weighted by atomic mass is 10.0. The summed E-state index contributed by atoms with van der Waals surface area (Å²) < 4.78 is 24.8. The highest BCUT2D eigenvalue weighted by atomic mass is 19.1. The Balaban J connectivity index is 2.93. The molecule has 22 heavy (non-hydrogen) atoms. The number of hydrogen-bond donors (Lipinski definition) is 0. The van der Waals surface area contributed by atoms with Crippen molar-refractivity contribution >= 4 is 11.6 Å². The molecule has 0 saturated heterocycles. The second kappa shape index (κ2) is 9.18. The molecule has 1 atom stereocenters. The van der Waals surface area contributed by atoms with Crippen molar-refractivity contribution in [2.24, 2.45) is 0 Å². The third-order valence-corrected chi connectivity index (χ3v) is 3.12. The number of hydrogen-bond acceptors (Lipinski definition) is 4. The molecule has 4 nitrogen and oxygen atoms in total. The molecular formula is C17H23FO4. The quantitative estimate of drug-likeness (QED) is 0.488. The first kappa shape index (κ1) is 18.1. The minimum absolute atomic E-state index is 0.0821. The zero-order valence-electron chi connectivity index (χ0n) is 13.4. The molecule has 0 amide bonds. The number of carbonyl (C=O) groups is 2. The van der Waals surface area contributed by atoms with Gasteiger partial charge in [0.25, 0.3) is 0 Å². The van der Waals surface area contributed by atoms with Crippen LogP contribution in [-0.4, -0.2) is 31.0 Å². The Labute approximate surface area is 130 Å². The van der Waals surface area contributed by atoms with Gasteiger partial charge >= 0.3 is 0 Å². The van der Waals surface area contributed by atoms with E-state index in [4.69, 9.17) is 9.47 Å². The van der Waals surface area contributed by atoms with E-state index < -0.39 is 17.7 Å². The average molecular weight is 310 g/mol. The van der Waals surface area contributed by atoms with Crippen LogP contribution < -0.4 is 9.47 Å². The zero-order valence-corrected chi connectivity index (χ0v) is 13.4. The monoisotopic (exact) mass is 310 g/mol. The molecular weight excluding hydrogens is 287 g/mol. The summed E-state index contributed by atoms with van der Waals surface area (Å²) in [6.45, 7) is 6.39. The third kappa shape index (κ3) is 4.83. The minimum atomic E-state index is -2.11. The van der Waals surface area contributed by atoms with Crippen LogP contribution in [0.15, 0.2) is 18.2 Å². The molecule has 1 aromatic carbocycles. The van der Waals surface area contributed by atoms with Gasteiger partial charge < -0.3 is 9.47 Å². The van der Waals surface area contributed by atoms with Gasteiger partial charge in [-0.2, -0.15) is 0 Å². The SMILES string of the molecule is CCCCC(=O)C(F)C(=O)c1ccc(OCC)c(OCC)c1. The molecule has 0 aromatic heterocycles. The summed E-state index contributed by atoms with van der Waals surface area (Å²) in [5.74, 6) is -0.624. The van der Waals surface area contributed by atoms with Crippen molar-refractivity contribution in [2.45, 2.75) is 46.2 Å². The maximum Gasteiger partial charge on any atom is 0.220 e. The van der Waals surface area contributed by atoms with Gasteiger partial charge in [0.1, 0.15) is 0 Å². The first-order valence-electron chi connectivity index (χ1n) is 7.65. The van der Waals surface area contributed by atoms with Gasteiger partial charge in [-0.15, -0.1) is 0 Å². The summed E-state index contributed by atoms with van der Waals surface area (Å²) in [6.07, 6.45) is -0.665. The van der Waals surface area contributed by atoms with Crippen molar-refractivity contribution < 1.29 is 23.5 Å². The van der Waals surface area contributed by atoms with Gasteiger partial charge in [0.15, 0.2) is 17.3 Å². The molecule has 0 bridgehead atoms. The van der Waals surface area contributed by atoms with Crippen LogP contribution in [0.1, 0.15) is 50.4 Å². The van der Waals surface area contributed by atoms with Crippen LogP contribution >= 0.6 is 0 Å². The number of unbranched alkanes of at least 4 members (excludes halogenated alkanes) is 1. The number of carbonyl (C=O) groups excluding carboxylic acids is 2. The van der Waals surface area contributed by atoms with Crippen LogP contribution in [0.25, 0.3) is 0 Å². The van der Waals surface area contributed by atoms with Crippen LogP contribution in [0.4, 0.5) is 4.39 Å². The van der Waals surface area contributed by atoms with E-state index in [0.29, 0.717) is 31.1 Å². The third-order valence-electron chi connectivity index (χ3n) is 3.12. The lowest BCUT2D eigenvalue weighted by molar-refractivity contribution is -0.122. The molecule has 0 aliphatic rings. The van der Waals surface area contributed by atoms with Crippen molar-refractivity contribution in [3.63, 3.8) is 0 Å². The Hall–Kier alpha value is -1.91. The van der Waals surface area contributed by atoms with Crippen LogP contribution in [0.5, 0.6) is 11.5 Å². The molecule has 0 N–H and O–H groups in total. The van der Waals surface area contributed by atoms with Crippen molar-refractivity contribution in [1.29, 1.82) is 0 Å². The largest absolute Gasteiger partial charge is 0.490 e. The highest BCUT2D eigenvalue weighted by Crippen LogP contribution is 2.29. The number of halogens is 1. The van der Waals surface area contributed by atoms with E-state index in [1.807, 2.05) is 13.8 Å². The van der Waals surface area contributed by atoms with Crippen LogP contribution in [0, 0.1) is 0 Å². The number of rotatable bonds is 10. The van der Waals surface area contributed by atoms with Gasteiger partial charge in [-0.1, -0.05) is 13.3 Å². The molecule has 0 heterocycles. The Morgan fingerprint density at radius 1 is 1.09 bits per heavy atom.